The number of pyridine rings is 1. The first kappa shape index (κ1) is 9.67. The van der Waals surface area contributed by atoms with Crippen LogP contribution in [0.3, 0.4) is 0 Å². The van der Waals surface area contributed by atoms with E-state index in [0.717, 1.165) is 0 Å². The number of Topliss-reactive ketones (excluding diaryl/α,β-unsaturated/α-hetero) is 1. The Morgan fingerprint density at radius 1 is 1.62 bits per heavy atom. The molecule has 1 atom stereocenters. The molecule has 0 amide bonds. The van der Waals surface area contributed by atoms with E-state index in [1.54, 1.807) is 26.2 Å². The molecule has 1 unspecified atom stereocenters. The summed E-state index contributed by atoms with van der Waals surface area (Å²) in [5, 5.41) is 0. The lowest BCUT2D eigenvalue weighted by atomic mass is 10.1. The van der Waals surface area contributed by atoms with Crippen LogP contribution < -0.4 is 10.5 Å². The first-order chi connectivity index (χ1) is 6.15. The van der Waals surface area contributed by atoms with E-state index in [9.17, 15) is 4.79 Å². The second kappa shape index (κ2) is 4.00. The number of carbonyl (C=O) groups excluding carboxylic acids is 1. The molecule has 2 N–H and O–H groups in total. The van der Waals surface area contributed by atoms with E-state index in [-0.39, 0.29) is 5.78 Å². The Morgan fingerprint density at radius 2 is 2.31 bits per heavy atom. The van der Waals surface area contributed by atoms with Crippen molar-refractivity contribution in [2.75, 3.05) is 7.11 Å². The standard InChI is InChI=1S/C9H12N2O2/c1-6(10)9(12)8-4-3-7(13-2)5-11-8/h3-6H,10H2,1-2H3. The molecule has 0 aliphatic heterocycles. The summed E-state index contributed by atoms with van der Waals surface area (Å²) in [5.41, 5.74) is 5.79. The topological polar surface area (TPSA) is 65.2 Å². The molecule has 0 bridgehead atoms. The largest absolute Gasteiger partial charge is 0.495 e. The summed E-state index contributed by atoms with van der Waals surface area (Å²) >= 11 is 0. The van der Waals surface area contributed by atoms with Gasteiger partial charge < -0.3 is 10.5 Å². The first-order valence-electron chi connectivity index (χ1n) is 3.95. The second-order valence-electron chi connectivity index (χ2n) is 2.74. The average molecular weight is 180 g/mol. The summed E-state index contributed by atoms with van der Waals surface area (Å²) < 4.78 is 4.90. The summed E-state index contributed by atoms with van der Waals surface area (Å²) in [5.74, 6) is 0.462. The van der Waals surface area contributed by atoms with Crippen molar-refractivity contribution < 1.29 is 9.53 Å². The van der Waals surface area contributed by atoms with Crippen LogP contribution in [0.15, 0.2) is 18.3 Å². The van der Waals surface area contributed by atoms with Crippen LogP contribution in [0.2, 0.25) is 0 Å². The van der Waals surface area contributed by atoms with E-state index in [1.165, 1.54) is 6.20 Å². The highest BCUT2D eigenvalue weighted by Gasteiger charge is 2.11. The maximum Gasteiger partial charge on any atom is 0.197 e. The summed E-state index contributed by atoms with van der Waals surface area (Å²) in [6.45, 7) is 1.63. The molecule has 0 aromatic carbocycles. The fourth-order valence-electron chi connectivity index (χ4n) is 0.880. The highest BCUT2D eigenvalue weighted by Crippen LogP contribution is 2.08. The Labute approximate surface area is 76.7 Å². The van der Waals surface area contributed by atoms with Crippen LogP contribution in [0.1, 0.15) is 17.4 Å². The molecular formula is C9H12N2O2. The minimum absolute atomic E-state index is 0.164. The molecule has 1 rings (SSSR count). The monoisotopic (exact) mass is 180 g/mol. The van der Waals surface area contributed by atoms with Crippen molar-refractivity contribution in [3.8, 4) is 5.75 Å². The SMILES string of the molecule is COc1ccc(C(=O)C(C)N)nc1. The summed E-state index contributed by atoms with van der Waals surface area (Å²) in [4.78, 5) is 15.2. The van der Waals surface area contributed by atoms with Gasteiger partial charge in [-0.15, -0.1) is 0 Å². The second-order valence-corrected chi connectivity index (χ2v) is 2.74. The van der Waals surface area contributed by atoms with Crippen LogP contribution in [0.5, 0.6) is 5.75 Å². The zero-order chi connectivity index (χ0) is 9.84. The first-order valence-corrected chi connectivity index (χ1v) is 3.95. The predicted octanol–water partition coefficient (Wildman–Crippen LogP) is 0.620. The number of methoxy groups -OCH3 is 1. The van der Waals surface area contributed by atoms with Crippen LogP contribution in [-0.2, 0) is 0 Å². The minimum Gasteiger partial charge on any atom is -0.495 e. The molecule has 0 fully saturated rings. The van der Waals surface area contributed by atoms with Crippen molar-refractivity contribution in [3.05, 3.63) is 24.0 Å². The van der Waals surface area contributed by atoms with Crippen molar-refractivity contribution in [1.82, 2.24) is 4.98 Å². The van der Waals surface area contributed by atoms with Gasteiger partial charge in [0.1, 0.15) is 11.4 Å². The number of nitrogens with zero attached hydrogens (tertiary/aromatic N) is 1. The molecule has 1 aromatic heterocycles. The lowest BCUT2D eigenvalue weighted by Crippen LogP contribution is -2.27. The van der Waals surface area contributed by atoms with Gasteiger partial charge in [0.05, 0.1) is 19.3 Å². The molecule has 0 radical (unpaired) electrons. The molecule has 0 aliphatic carbocycles. The smallest absolute Gasteiger partial charge is 0.197 e. The fraction of sp³-hybridized carbons (Fsp3) is 0.333. The van der Waals surface area contributed by atoms with Crippen molar-refractivity contribution >= 4 is 5.78 Å². The maximum atomic E-state index is 11.3. The summed E-state index contributed by atoms with van der Waals surface area (Å²) in [7, 11) is 1.55. The third kappa shape index (κ3) is 2.26. The Morgan fingerprint density at radius 3 is 2.69 bits per heavy atom. The molecule has 4 heteroatoms. The third-order valence-corrected chi connectivity index (χ3v) is 1.64. The number of aromatic nitrogens is 1. The highest BCUT2D eigenvalue weighted by molar-refractivity contribution is 5.97. The lowest BCUT2D eigenvalue weighted by Gasteiger charge is -2.03. The van der Waals surface area contributed by atoms with E-state index in [1.807, 2.05) is 0 Å². The molecule has 4 nitrogen and oxygen atoms in total. The van der Waals surface area contributed by atoms with Crippen LogP contribution >= 0.6 is 0 Å². The van der Waals surface area contributed by atoms with Crippen LogP contribution in [0.25, 0.3) is 0 Å². The molecule has 0 spiro atoms. The van der Waals surface area contributed by atoms with Gasteiger partial charge in [-0.1, -0.05) is 0 Å². The van der Waals surface area contributed by atoms with E-state index in [2.05, 4.69) is 4.98 Å². The zero-order valence-corrected chi connectivity index (χ0v) is 7.65. The van der Waals surface area contributed by atoms with Gasteiger partial charge in [-0.3, -0.25) is 4.79 Å². The number of ether oxygens (including phenoxy) is 1. The molecule has 0 saturated carbocycles. The Balaban J connectivity index is 2.86. The van der Waals surface area contributed by atoms with E-state index in [0.29, 0.717) is 11.4 Å². The molecule has 0 aliphatic rings. The molecular weight excluding hydrogens is 168 g/mol. The summed E-state index contributed by atoms with van der Waals surface area (Å²) in [6, 6.07) is 2.77. The third-order valence-electron chi connectivity index (χ3n) is 1.64. The number of hydrogen-bond donors (Lipinski definition) is 1. The number of carbonyl (C=O) groups is 1. The average Bonchev–Trinajstić information content (AvgIpc) is 2.17. The Hall–Kier alpha value is -1.42. The van der Waals surface area contributed by atoms with Gasteiger partial charge in [0, 0.05) is 0 Å². The van der Waals surface area contributed by atoms with Gasteiger partial charge >= 0.3 is 0 Å². The van der Waals surface area contributed by atoms with E-state index < -0.39 is 6.04 Å². The van der Waals surface area contributed by atoms with Gasteiger partial charge in [0.15, 0.2) is 5.78 Å². The maximum absolute atomic E-state index is 11.3. The molecule has 13 heavy (non-hydrogen) atoms. The lowest BCUT2D eigenvalue weighted by molar-refractivity contribution is 0.0963. The van der Waals surface area contributed by atoms with Gasteiger partial charge in [-0.25, -0.2) is 4.98 Å². The Kier molecular flexibility index (Phi) is 2.97. The quantitative estimate of drug-likeness (QED) is 0.692. The van der Waals surface area contributed by atoms with Crippen molar-refractivity contribution in [3.63, 3.8) is 0 Å². The summed E-state index contributed by atoms with van der Waals surface area (Å²) in [6.07, 6.45) is 1.50. The predicted molar refractivity (Wildman–Crippen MR) is 48.8 cm³/mol. The minimum atomic E-state index is -0.513. The fourth-order valence-corrected chi connectivity index (χ4v) is 0.880. The highest BCUT2D eigenvalue weighted by atomic mass is 16.5. The molecule has 1 heterocycles. The Bertz CT molecular complexity index is 293. The molecule has 70 valence electrons. The van der Waals surface area contributed by atoms with Crippen molar-refractivity contribution in [1.29, 1.82) is 0 Å². The number of rotatable bonds is 3. The number of ketones is 1. The zero-order valence-electron chi connectivity index (χ0n) is 7.65. The molecule has 1 aromatic rings. The van der Waals surface area contributed by atoms with Crippen molar-refractivity contribution in [2.24, 2.45) is 5.73 Å². The van der Waals surface area contributed by atoms with Crippen LogP contribution in [0, 0.1) is 0 Å². The van der Waals surface area contributed by atoms with E-state index >= 15 is 0 Å². The number of hydrogen-bond acceptors (Lipinski definition) is 4. The van der Waals surface area contributed by atoms with Gasteiger partial charge in [-0.05, 0) is 19.1 Å². The normalized spacial score (nSPS) is 12.2. The van der Waals surface area contributed by atoms with Crippen LogP contribution in [-0.4, -0.2) is 23.9 Å². The van der Waals surface area contributed by atoms with Gasteiger partial charge in [0.2, 0.25) is 0 Å². The van der Waals surface area contributed by atoms with Gasteiger partial charge in [0.25, 0.3) is 0 Å². The molecule has 0 saturated heterocycles. The van der Waals surface area contributed by atoms with Crippen molar-refractivity contribution in [2.45, 2.75) is 13.0 Å². The van der Waals surface area contributed by atoms with E-state index in [4.69, 9.17) is 10.5 Å². The van der Waals surface area contributed by atoms with Gasteiger partial charge in [-0.2, -0.15) is 0 Å². The van der Waals surface area contributed by atoms with Crippen LogP contribution in [0.4, 0.5) is 0 Å². The number of nitrogens with two attached hydrogens (primary N) is 1.